The first-order valence-electron chi connectivity index (χ1n) is 14.4. The Labute approximate surface area is 249 Å². The Morgan fingerprint density at radius 3 is 2.12 bits per heavy atom. The van der Waals surface area contributed by atoms with Gasteiger partial charge in [0.2, 0.25) is 5.91 Å². The van der Waals surface area contributed by atoms with E-state index < -0.39 is 11.9 Å². The van der Waals surface area contributed by atoms with Crippen molar-refractivity contribution in [2.24, 2.45) is 10.9 Å². The summed E-state index contributed by atoms with van der Waals surface area (Å²) in [5.74, 6) is -2.44. The second kappa shape index (κ2) is 12.6. The van der Waals surface area contributed by atoms with Crippen LogP contribution in [0, 0.1) is 19.8 Å². The van der Waals surface area contributed by atoms with Gasteiger partial charge in [0, 0.05) is 46.2 Å². The van der Waals surface area contributed by atoms with Crippen LogP contribution in [0.4, 0.5) is 0 Å². The molecule has 1 fully saturated rings. The Hall–Kier alpha value is -4.73. The molecule has 10 nitrogen and oxygen atoms in total. The zero-order valence-electron chi connectivity index (χ0n) is 25.4. The molecular weight excluding hydrogens is 548 g/mol. The molecule has 226 valence electrons. The molecule has 0 radical (unpaired) electrons. The fraction of sp³-hybridized carbons (Fsp3) is 0.364. The van der Waals surface area contributed by atoms with E-state index in [2.05, 4.69) is 20.3 Å². The van der Waals surface area contributed by atoms with Gasteiger partial charge in [-0.1, -0.05) is 13.0 Å². The number of aliphatic imine (C=N–C) groups is 1. The van der Waals surface area contributed by atoms with Gasteiger partial charge >= 0.3 is 11.9 Å². The van der Waals surface area contributed by atoms with Crippen molar-refractivity contribution in [3.63, 3.8) is 0 Å². The van der Waals surface area contributed by atoms with Crippen LogP contribution in [0.5, 0.6) is 0 Å². The molecule has 10 heteroatoms. The van der Waals surface area contributed by atoms with Crippen LogP contribution < -0.4 is 16.0 Å². The summed E-state index contributed by atoms with van der Waals surface area (Å²) in [5, 5.41) is 23.2. The van der Waals surface area contributed by atoms with E-state index in [1.807, 2.05) is 65.8 Å². The molecule has 1 saturated heterocycles. The third-order valence-electron chi connectivity index (χ3n) is 8.35. The van der Waals surface area contributed by atoms with E-state index in [4.69, 9.17) is 0 Å². The van der Waals surface area contributed by atoms with Crippen LogP contribution in [0.15, 0.2) is 33.5 Å². The van der Waals surface area contributed by atoms with E-state index in [-0.39, 0.29) is 43.4 Å². The van der Waals surface area contributed by atoms with E-state index in [0.717, 1.165) is 39.1 Å². The van der Waals surface area contributed by atoms with Gasteiger partial charge in [-0.05, 0) is 106 Å². The second-order valence-electron chi connectivity index (χ2n) is 11.0. The SMILES string of the molecule is C/C=C1\C(=C\c2[nH]c(/C=c3/[nH]/c(=C/C4=NC(=O)C(CC)=C4C)c(C)c3CCC(=O)O)c(CCC(=O)O)c2C)NC(=O)[C@H]1C. The number of amides is 2. The number of H-pyrrole nitrogens is 2. The predicted molar refractivity (Wildman–Crippen MR) is 165 cm³/mol. The minimum absolute atomic E-state index is 0.0721. The summed E-state index contributed by atoms with van der Waals surface area (Å²) in [7, 11) is 0. The quantitative estimate of drug-likeness (QED) is 0.286. The van der Waals surface area contributed by atoms with E-state index in [0.29, 0.717) is 39.8 Å². The minimum atomic E-state index is -0.923. The van der Waals surface area contributed by atoms with Gasteiger partial charge in [0.15, 0.2) is 0 Å². The lowest BCUT2D eigenvalue weighted by Gasteiger charge is -2.03. The Bertz CT molecular complexity index is 1780. The Kier molecular flexibility index (Phi) is 9.18. The number of aliphatic carboxylic acids is 2. The summed E-state index contributed by atoms with van der Waals surface area (Å²) >= 11 is 0. The third-order valence-corrected chi connectivity index (χ3v) is 8.35. The van der Waals surface area contributed by atoms with Crippen LogP contribution in [0.2, 0.25) is 0 Å². The highest BCUT2D eigenvalue weighted by atomic mass is 16.4. The smallest absolute Gasteiger partial charge is 0.303 e. The number of carboxylic acids is 2. The molecule has 2 aliphatic heterocycles. The summed E-state index contributed by atoms with van der Waals surface area (Å²) < 4.78 is 0. The van der Waals surface area contributed by atoms with E-state index in [1.165, 1.54) is 0 Å². The van der Waals surface area contributed by atoms with Crippen LogP contribution in [0.1, 0.15) is 80.6 Å². The number of aromatic amines is 2. The highest BCUT2D eigenvalue weighted by Gasteiger charge is 2.29. The number of carbonyl (C=O) groups excluding carboxylic acids is 2. The fourth-order valence-electron chi connectivity index (χ4n) is 5.77. The molecule has 0 aliphatic carbocycles. The van der Waals surface area contributed by atoms with Crippen LogP contribution in [-0.2, 0) is 32.0 Å². The molecule has 0 spiro atoms. The van der Waals surface area contributed by atoms with Gasteiger partial charge < -0.3 is 25.5 Å². The summed E-state index contributed by atoms with van der Waals surface area (Å²) in [6.07, 6.45) is 8.45. The summed E-state index contributed by atoms with van der Waals surface area (Å²) in [6, 6.07) is 0. The maximum atomic E-state index is 12.3. The van der Waals surface area contributed by atoms with Crippen LogP contribution in [0.25, 0.3) is 18.2 Å². The number of carbonyl (C=O) groups is 4. The molecule has 0 saturated carbocycles. The van der Waals surface area contributed by atoms with Crippen LogP contribution in [-0.4, -0.2) is 49.6 Å². The van der Waals surface area contributed by atoms with E-state index in [9.17, 15) is 29.4 Å². The first-order valence-corrected chi connectivity index (χ1v) is 14.4. The predicted octanol–water partition coefficient (Wildman–Crippen LogP) is 3.36. The molecule has 2 aromatic rings. The normalized spacial score (nSPS) is 19.8. The Balaban J connectivity index is 1.91. The van der Waals surface area contributed by atoms with Crippen molar-refractivity contribution in [3.8, 4) is 0 Å². The largest absolute Gasteiger partial charge is 0.481 e. The highest BCUT2D eigenvalue weighted by molar-refractivity contribution is 6.30. The Morgan fingerprint density at radius 2 is 1.53 bits per heavy atom. The monoisotopic (exact) mass is 586 g/mol. The number of nitrogens with one attached hydrogen (secondary N) is 3. The summed E-state index contributed by atoms with van der Waals surface area (Å²) in [5.41, 5.74) is 8.40. The summed E-state index contributed by atoms with van der Waals surface area (Å²) in [6.45, 7) is 11.3. The number of nitrogens with zero attached hydrogens (tertiary/aromatic N) is 1. The van der Waals surface area contributed by atoms with Crippen molar-refractivity contribution in [2.75, 3.05) is 0 Å². The average Bonchev–Trinajstić information content (AvgIpc) is 3.59. The molecule has 0 unspecified atom stereocenters. The van der Waals surface area contributed by atoms with Gasteiger partial charge in [-0.25, -0.2) is 4.99 Å². The number of rotatable bonds is 10. The lowest BCUT2D eigenvalue weighted by atomic mass is 10.00. The third kappa shape index (κ3) is 6.38. The van der Waals surface area contributed by atoms with E-state index in [1.54, 1.807) is 0 Å². The Morgan fingerprint density at radius 1 is 0.884 bits per heavy atom. The number of allylic oxidation sites excluding steroid dienone is 3. The molecule has 0 bridgehead atoms. The number of hydrogen-bond acceptors (Lipinski definition) is 4. The van der Waals surface area contributed by atoms with Gasteiger partial charge in [-0.3, -0.25) is 19.2 Å². The van der Waals surface area contributed by atoms with Gasteiger partial charge in [-0.15, -0.1) is 0 Å². The number of hydrogen-bond donors (Lipinski definition) is 5. The molecule has 4 heterocycles. The fourth-order valence-corrected chi connectivity index (χ4v) is 5.77. The van der Waals surface area contributed by atoms with Gasteiger partial charge in [0.25, 0.3) is 5.91 Å². The first-order chi connectivity index (χ1) is 20.4. The van der Waals surface area contributed by atoms with E-state index >= 15 is 0 Å². The summed E-state index contributed by atoms with van der Waals surface area (Å²) in [4.78, 5) is 58.8. The molecule has 2 aliphatic rings. The first kappa shape index (κ1) is 31.2. The lowest BCUT2D eigenvalue weighted by molar-refractivity contribution is -0.138. The van der Waals surface area contributed by atoms with Crippen LogP contribution >= 0.6 is 0 Å². The number of aromatic nitrogens is 2. The molecule has 1 atom stereocenters. The van der Waals surface area contributed by atoms with Crippen molar-refractivity contribution in [2.45, 2.75) is 73.6 Å². The topological polar surface area (TPSA) is 165 Å². The molecule has 43 heavy (non-hydrogen) atoms. The molecule has 2 amide bonds. The zero-order valence-corrected chi connectivity index (χ0v) is 25.4. The standard InChI is InChI=1S/C33H38N4O6/c1-7-20-19(6)32(42)37-27(20)14-25-18(5)23(10-12-31(40)41)29(35-25)15-28-22(9-11-30(38)39)17(4)24(34-28)13-26-16(3)21(8-2)33(43)36-26/h7,13-15,19,34-35H,8-12H2,1-6H3,(H,37,42)(H,38,39)(H,40,41)/b20-7-,24-13+,27-14-,28-15+/t19-/m0/s1. The van der Waals surface area contributed by atoms with Gasteiger partial charge in [0.1, 0.15) is 0 Å². The van der Waals surface area contributed by atoms with Crippen molar-refractivity contribution in [1.29, 1.82) is 0 Å². The molecule has 0 aromatic carbocycles. The molecule has 2 aromatic heterocycles. The van der Waals surface area contributed by atoms with Crippen molar-refractivity contribution in [1.82, 2.24) is 15.3 Å². The van der Waals surface area contributed by atoms with Gasteiger partial charge in [0.05, 0.1) is 11.6 Å². The molecular formula is C33H38N4O6. The maximum Gasteiger partial charge on any atom is 0.303 e. The number of carboxylic acid groups (broad SMARTS) is 2. The second-order valence-corrected chi connectivity index (χ2v) is 11.0. The minimum Gasteiger partial charge on any atom is -0.481 e. The molecule has 4 rings (SSSR count). The van der Waals surface area contributed by atoms with Crippen molar-refractivity contribution < 1.29 is 29.4 Å². The molecule has 5 N–H and O–H groups in total. The van der Waals surface area contributed by atoms with Crippen molar-refractivity contribution >= 4 is 47.7 Å². The average molecular weight is 587 g/mol. The highest BCUT2D eigenvalue weighted by Crippen LogP contribution is 2.29. The lowest BCUT2D eigenvalue weighted by Crippen LogP contribution is -2.16. The van der Waals surface area contributed by atoms with Gasteiger partial charge in [-0.2, -0.15) is 0 Å². The zero-order chi connectivity index (χ0) is 31.6. The van der Waals surface area contributed by atoms with Crippen LogP contribution in [0.3, 0.4) is 0 Å². The maximum absolute atomic E-state index is 12.3. The van der Waals surface area contributed by atoms with Crippen molar-refractivity contribution in [3.05, 3.63) is 72.8 Å².